The molecule has 0 aliphatic carbocycles. The van der Waals surface area contributed by atoms with Gasteiger partial charge < -0.3 is 20.0 Å². The van der Waals surface area contributed by atoms with Crippen LogP contribution in [0, 0.1) is 0 Å². The SMILES string of the molecule is CCC1N(C)C(C(=O)O)=C(C(=O)O)N1C. The summed E-state index contributed by atoms with van der Waals surface area (Å²) in [7, 11) is 3.17. The molecule has 1 aliphatic heterocycles. The molecular weight excluding hydrogens is 200 g/mol. The van der Waals surface area contributed by atoms with Crippen molar-refractivity contribution in [3.05, 3.63) is 11.4 Å². The lowest BCUT2D eigenvalue weighted by Crippen LogP contribution is -2.36. The minimum atomic E-state index is -1.21. The van der Waals surface area contributed by atoms with E-state index in [4.69, 9.17) is 10.2 Å². The molecule has 6 nitrogen and oxygen atoms in total. The van der Waals surface area contributed by atoms with Crippen molar-refractivity contribution in [1.82, 2.24) is 9.80 Å². The largest absolute Gasteiger partial charge is 0.477 e. The second-order valence-electron chi connectivity index (χ2n) is 3.42. The highest BCUT2D eigenvalue weighted by molar-refractivity contribution is 5.98. The predicted molar refractivity (Wildman–Crippen MR) is 51.9 cm³/mol. The number of aliphatic carboxylic acids is 2. The molecule has 84 valence electrons. The van der Waals surface area contributed by atoms with Crippen LogP contribution in [-0.2, 0) is 9.59 Å². The first-order chi connectivity index (χ1) is 6.91. The van der Waals surface area contributed by atoms with Crippen LogP contribution in [0.1, 0.15) is 13.3 Å². The van der Waals surface area contributed by atoms with Crippen molar-refractivity contribution >= 4 is 11.9 Å². The Morgan fingerprint density at radius 2 is 1.47 bits per heavy atom. The number of carbonyl (C=O) groups is 2. The lowest BCUT2D eigenvalue weighted by molar-refractivity contribution is -0.137. The minimum absolute atomic E-state index is 0.156. The van der Waals surface area contributed by atoms with Crippen molar-refractivity contribution in [2.45, 2.75) is 19.5 Å². The highest BCUT2D eigenvalue weighted by atomic mass is 16.4. The minimum Gasteiger partial charge on any atom is -0.477 e. The normalized spacial score (nSPS) is 17.5. The van der Waals surface area contributed by atoms with E-state index < -0.39 is 11.9 Å². The lowest BCUT2D eigenvalue weighted by atomic mass is 10.3. The smallest absolute Gasteiger partial charge is 0.354 e. The Hall–Kier alpha value is -1.72. The number of likely N-dealkylation sites (N-methyl/N-ethyl adjacent to an activating group) is 2. The van der Waals surface area contributed by atoms with Gasteiger partial charge in [-0.25, -0.2) is 9.59 Å². The van der Waals surface area contributed by atoms with E-state index in [0.29, 0.717) is 6.42 Å². The number of hydrogen-bond acceptors (Lipinski definition) is 4. The van der Waals surface area contributed by atoms with Gasteiger partial charge >= 0.3 is 11.9 Å². The average molecular weight is 214 g/mol. The first kappa shape index (κ1) is 11.4. The summed E-state index contributed by atoms with van der Waals surface area (Å²) in [4.78, 5) is 24.8. The monoisotopic (exact) mass is 214 g/mol. The van der Waals surface area contributed by atoms with Crippen molar-refractivity contribution in [1.29, 1.82) is 0 Å². The molecule has 1 aliphatic rings. The summed E-state index contributed by atoms with van der Waals surface area (Å²) in [5.74, 6) is -2.42. The number of hydrogen-bond donors (Lipinski definition) is 2. The molecule has 0 fully saturated rings. The van der Waals surface area contributed by atoms with E-state index in [1.165, 1.54) is 9.80 Å². The molecule has 0 atom stereocenters. The summed E-state index contributed by atoms with van der Waals surface area (Å²) >= 11 is 0. The van der Waals surface area contributed by atoms with Crippen LogP contribution in [0.15, 0.2) is 11.4 Å². The van der Waals surface area contributed by atoms with Crippen LogP contribution in [0.25, 0.3) is 0 Å². The molecular formula is C9H14N2O4. The maximum Gasteiger partial charge on any atom is 0.354 e. The highest BCUT2D eigenvalue weighted by Crippen LogP contribution is 2.28. The van der Waals surface area contributed by atoms with Crippen LogP contribution in [0.4, 0.5) is 0 Å². The van der Waals surface area contributed by atoms with Crippen molar-refractivity contribution in [2.24, 2.45) is 0 Å². The Morgan fingerprint density at radius 1 is 1.13 bits per heavy atom. The summed E-state index contributed by atoms with van der Waals surface area (Å²) in [6.45, 7) is 1.88. The van der Waals surface area contributed by atoms with E-state index in [9.17, 15) is 9.59 Å². The number of rotatable bonds is 3. The Bertz CT molecular complexity index is 307. The van der Waals surface area contributed by atoms with Crippen LogP contribution in [0.3, 0.4) is 0 Å². The second-order valence-corrected chi connectivity index (χ2v) is 3.42. The van der Waals surface area contributed by atoms with E-state index >= 15 is 0 Å². The lowest BCUT2D eigenvalue weighted by Gasteiger charge is -2.27. The number of carboxylic acid groups (broad SMARTS) is 2. The Balaban J connectivity index is 3.22. The topological polar surface area (TPSA) is 81.1 Å². The standard InChI is InChI=1S/C9H14N2O4/c1-4-5-10(2)6(8(12)13)7(9(14)15)11(5)3/h5H,4H2,1-3H3,(H,12,13)(H,14,15). The molecule has 0 saturated carbocycles. The molecule has 0 aromatic rings. The van der Waals surface area contributed by atoms with Gasteiger partial charge in [-0.2, -0.15) is 0 Å². The van der Waals surface area contributed by atoms with Crippen molar-refractivity contribution < 1.29 is 19.8 Å². The van der Waals surface area contributed by atoms with Gasteiger partial charge in [0, 0.05) is 14.1 Å². The molecule has 0 aromatic heterocycles. The summed E-state index contributed by atoms with van der Waals surface area (Å²) in [5, 5.41) is 17.9. The predicted octanol–water partition coefficient (Wildman–Crippen LogP) is -0.0195. The molecule has 0 saturated heterocycles. The van der Waals surface area contributed by atoms with E-state index in [1.807, 2.05) is 6.92 Å². The molecule has 0 bridgehead atoms. The zero-order chi connectivity index (χ0) is 11.7. The number of carboxylic acids is 2. The van der Waals surface area contributed by atoms with E-state index in [0.717, 1.165) is 0 Å². The van der Waals surface area contributed by atoms with Crippen LogP contribution >= 0.6 is 0 Å². The quantitative estimate of drug-likeness (QED) is 0.687. The Labute approximate surface area is 87.4 Å². The molecule has 0 aromatic carbocycles. The fourth-order valence-corrected chi connectivity index (χ4v) is 1.94. The second kappa shape index (κ2) is 3.80. The molecule has 0 spiro atoms. The molecule has 2 N–H and O–H groups in total. The van der Waals surface area contributed by atoms with Gasteiger partial charge in [0.05, 0.1) is 0 Å². The maximum absolute atomic E-state index is 10.9. The van der Waals surface area contributed by atoms with Crippen LogP contribution in [0.2, 0.25) is 0 Å². The molecule has 1 heterocycles. The van der Waals surface area contributed by atoms with Gasteiger partial charge in [-0.1, -0.05) is 6.92 Å². The van der Waals surface area contributed by atoms with Gasteiger partial charge in [0.1, 0.15) is 6.17 Å². The first-order valence-electron chi connectivity index (χ1n) is 4.58. The van der Waals surface area contributed by atoms with Gasteiger partial charge in [-0.15, -0.1) is 0 Å². The van der Waals surface area contributed by atoms with Gasteiger partial charge in [-0.05, 0) is 6.42 Å². The Morgan fingerprint density at radius 3 is 1.67 bits per heavy atom. The van der Waals surface area contributed by atoms with Crippen molar-refractivity contribution in [3.8, 4) is 0 Å². The maximum atomic E-state index is 10.9. The zero-order valence-corrected chi connectivity index (χ0v) is 8.89. The highest BCUT2D eigenvalue weighted by Gasteiger charge is 2.39. The summed E-state index contributed by atoms with van der Waals surface area (Å²) in [6.07, 6.45) is 0.447. The van der Waals surface area contributed by atoms with Gasteiger partial charge in [-0.3, -0.25) is 0 Å². The molecule has 15 heavy (non-hydrogen) atoms. The fourth-order valence-electron chi connectivity index (χ4n) is 1.94. The van der Waals surface area contributed by atoms with E-state index in [2.05, 4.69) is 0 Å². The third-order valence-electron chi connectivity index (χ3n) is 2.59. The average Bonchev–Trinajstić information content (AvgIpc) is 2.37. The summed E-state index contributed by atoms with van der Waals surface area (Å²) in [5.41, 5.74) is -0.311. The third-order valence-corrected chi connectivity index (χ3v) is 2.59. The zero-order valence-electron chi connectivity index (χ0n) is 8.89. The molecule has 1 rings (SSSR count). The van der Waals surface area contributed by atoms with Gasteiger partial charge in [0.25, 0.3) is 0 Å². The van der Waals surface area contributed by atoms with Crippen LogP contribution in [-0.4, -0.2) is 52.2 Å². The van der Waals surface area contributed by atoms with E-state index in [1.54, 1.807) is 14.1 Å². The Kier molecular flexibility index (Phi) is 2.88. The fraction of sp³-hybridized carbons (Fsp3) is 0.556. The number of nitrogens with zero attached hydrogens (tertiary/aromatic N) is 2. The van der Waals surface area contributed by atoms with E-state index in [-0.39, 0.29) is 17.6 Å². The van der Waals surface area contributed by atoms with Crippen LogP contribution in [0.5, 0.6) is 0 Å². The summed E-state index contributed by atoms with van der Waals surface area (Å²) < 4.78 is 0. The van der Waals surface area contributed by atoms with Crippen LogP contribution < -0.4 is 0 Å². The third kappa shape index (κ3) is 1.62. The molecule has 0 unspecified atom stereocenters. The van der Waals surface area contributed by atoms with Gasteiger partial charge in [0.15, 0.2) is 11.4 Å². The first-order valence-corrected chi connectivity index (χ1v) is 4.58. The van der Waals surface area contributed by atoms with Gasteiger partial charge in [0.2, 0.25) is 0 Å². The van der Waals surface area contributed by atoms with Crippen molar-refractivity contribution in [3.63, 3.8) is 0 Å². The molecule has 0 amide bonds. The van der Waals surface area contributed by atoms with Crippen molar-refractivity contribution in [2.75, 3.05) is 14.1 Å². The molecule has 0 radical (unpaired) electrons. The summed E-state index contributed by atoms with van der Waals surface area (Å²) in [6, 6.07) is 0. The molecule has 6 heteroatoms.